The van der Waals surface area contributed by atoms with Gasteiger partial charge in [-0.1, -0.05) is 41.5 Å². The Labute approximate surface area is 219 Å². The van der Waals surface area contributed by atoms with Crippen LogP contribution in [0.3, 0.4) is 0 Å². The minimum Gasteiger partial charge on any atom is -0.480 e. The van der Waals surface area contributed by atoms with E-state index < -0.39 is 12.0 Å². The van der Waals surface area contributed by atoms with Crippen LogP contribution in [-0.4, -0.2) is 99.6 Å². The summed E-state index contributed by atoms with van der Waals surface area (Å²) in [6.45, 7) is 12.0. The van der Waals surface area contributed by atoms with Crippen LogP contribution in [0.15, 0.2) is 22.7 Å². The number of aliphatic carboxylic acids is 1. The van der Waals surface area contributed by atoms with Gasteiger partial charge in [0.05, 0.1) is 30.1 Å². The third kappa shape index (κ3) is 14.3. The summed E-state index contributed by atoms with van der Waals surface area (Å²) in [6.07, 6.45) is 4.95. The largest absolute Gasteiger partial charge is 0.480 e. The molecule has 0 amide bonds. The Morgan fingerprint density at radius 3 is 1.60 bits per heavy atom. The van der Waals surface area contributed by atoms with E-state index in [1.165, 1.54) is 21.6 Å². The zero-order valence-electron chi connectivity index (χ0n) is 23.1. The fourth-order valence-corrected chi connectivity index (χ4v) is 4.55. The number of rotatable bonds is 11. The average Bonchev–Trinajstić information content (AvgIpc) is 3.52. The van der Waals surface area contributed by atoms with Gasteiger partial charge in [0, 0.05) is 20.0 Å². The van der Waals surface area contributed by atoms with E-state index >= 15 is 0 Å². The Kier molecular flexibility index (Phi) is 25.7. The van der Waals surface area contributed by atoms with Gasteiger partial charge in [0.2, 0.25) is 0 Å². The Hall–Kier alpha value is -1.86. The van der Waals surface area contributed by atoms with Crippen LogP contribution in [-0.2, 0) is 22.4 Å². The second-order valence-electron chi connectivity index (χ2n) is 6.43. The fourth-order valence-electron chi connectivity index (χ4n) is 2.38. The second-order valence-corrected chi connectivity index (χ2v) is 8.54. The number of imidazole rings is 2. The lowest BCUT2D eigenvalue weighted by atomic mass is 10.1. The summed E-state index contributed by atoms with van der Waals surface area (Å²) in [5, 5.41) is 17.9. The molecule has 0 bridgehead atoms. The predicted octanol–water partition coefficient (Wildman–Crippen LogP) is 3.85. The lowest BCUT2D eigenvalue weighted by Gasteiger charge is -2.19. The van der Waals surface area contributed by atoms with E-state index in [1.54, 1.807) is 31.6 Å². The van der Waals surface area contributed by atoms with Gasteiger partial charge in [0.1, 0.15) is 22.4 Å². The number of likely N-dealkylation sites (N-methyl/N-ethyl adjacent to an activating group) is 2. The van der Waals surface area contributed by atoms with Gasteiger partial charge in [-0.05, 0) is 49.8 Å². The smallest absolute Gasteiger partial charge is 0.321 e. The number of carboxylic acid groups (broad SMARTS) is 1. The number of aliphatic hydroxyl groups excluding tert-OH is 1. The molecule has 10 nitrogen and oxygen atoms in total. The lowest BCUT2D eigenvalue weighted by Crippen LogP contribution is -2.37. The van der Waals surface area contributed by atoms with Gasteiger partial charge in [0.15, 0.2) is 0 Å². The molecule has 2 aromatic rings. The highest BCUT2D eigenvalue weighted by Gasteiger charge is 2.23. The van der Waals surface area contributed by atoms with E-state index in [0.29, 0.717) is 12.8 Å². The van der Waals surface area contributed by atoms with Gasteiger partial charge in [-0.2, -0.15) is 0 Å². The molecule has 2 rings (SSSR count). The number of aliphatic hydroxyl groups is 1. The van der Waals surface area contributed by atoms with Crippen molar-refractivity contribution < 1.29 is 19.8 Å². The summed E-state index contributed by atoms with van der Waals surface area (Å²) in [6, 6.07) is -0.864. The molecule has 0 spiro atoms. The molecule has 0 fully saturated rings. The number of H-pyrrole nitrogens is 2. The number of aldehydes is 1. The van der Waals surface area contributed by atoms with Crippen molar-refractivity contribution >= 4 is 33.8 Å². The Bertz CT molecular complexity index is 769. The number of nitrogens with zero attached hydrogens (tertiary/aromatic N) is 4. The highest BCUT2D eigenvalue weighted by molar-refractivity contribution is 8.76. The highest BCUT2D eigenvalue weighted by atomic mass is 33.1. The maximum Gasteiger partial charge on any atom is 0.321 e. The number of carboxylic acids is 1. The molecular formula is C23H46N6O4S2. The molecule has 204 valence electrons. The highest BCUT2D eigenvalue weighted by Crippen LogP contribution is 2.38. The number of nitrogens with one attached hydrogen (secondary N) is 2. The van der Waals surface area contributed by atoms with Crippen LogP contribution < -0.4 is 0 Å². The van der Waals surface area contributed by atoms with Crippen LogP contribution >= 0.6 is 21.6 Å². The number of carbonyl (C=O) groups is 2. The molecule has 0 saturated heterocycles. The van der Waals surface area contributed by atoms with Crippen molar-refractivity contribution in [3.63, 3.8) is 0 Å². The first kappa shape index (κ1) is 37.7. The first-order valence-corrected chi connectivity index (χ1v) is 13.8. The minimum absolute atomic E-state index is 0.229. The number of aromatic nitrogens is 4. The summed E-state index contributed by atoms with van der Waals surface area (Å²) in [5.41, 5.74) is 1.65. The summed E-state index contributed by atoms with van der Waals surface area (Å²) in [4.78, 5) is 40.9. The normalized spacial score (nSPS) is 11.4. The van der Waals surface area contributed by atoms with Crippen LogP contribution in [0, 0.1) is 0 Å². The van der Waals surface area contributed by atoms with Crippen LogP contribution in [0.4, 0.5) is 0 Å². The molecule has 2 unspecified atom stereocenters. The van der Waals surface area contributed by atoms with Crippen molar-refractivity contribution in [2.45, 2.75) is 76.5 Å². The standard InChI is InChI=1S/C16H24N6O3S2.3C2H6.CH4O/c1-21(2)10(7-23)5-11-14(19-8-17-11)26-27-15-12(18-9-20-15)6-13(16(24)25)22(3)4;4*1-2/h7-10,13H,5-6H2,1-4H3,(H,17,19)(H,18,20)(H,24,25);3*1-2H3;2H,1H3. The first-order valence-electron chi connectivity index (χ1n) is 11.7. The van der Waals surface area contributed by atoms with E-state index in [9.17, 15) is 14.7 Å². The van der Waals surface area contributed by atoms with Gasteiger partial charge in [-0.3, -0.25) is 14.6 Å². The number of carbonyl (C=O) groups excluding carboxylic acids is 1. The maximum atomic E-state index is 11.4. The summed E-state index contributed by atoms with van der Waals surface area (Å²) < 4.78 is 0. The van der Waals surface area contributed by atoms with E-state index in [0.717, 1.165) is 34.8 Å². The molecule has 0 aromatic carbocycles. The van der Waals surface area contributed by atoms with Crippen LogP contribution in [0.2, 0.25) is 0 Å². The van der Waals surface area contributed by atoms with Gasteiger partial charge in [0.25, 0.3) is 0 Å². The molecule has 0 radical (unpaired) electrons. The summed E-state index contributed by atoms with van der Waals surface area (Å²) in [7, 11) is 11.0. The Morgan fingerprint density at radius 2 is 1.29 bits per heavy atom. The monoisotopic (exact) mass is 534 g/mol. The van der Waals surface area contributed by atoms with E-state index in [4.69, 9.17) is 5.11 Å². The molecule has 2 heterocycles. The van der Waals surface area contributed by atoms with Gasteiger partial charge in [-0.25, -0.2) is 9.97 Å². The van der Waals surface area contributed by atoms with Crippen molar-refractivity contribution in [3.05, 3.63) is 24.0 Å². The van der Waals surface area contributed by atoms with E-state index in [1.807, 2.05) is 60.5 Å². The number of hydrogen-bond donors (Lipinski definition) is 4. The maximum absolute atomic E-state index is 11.4. The van der Waals surface area contributed by atoms with Crippen LogP contribution in [0.25, 0.3) is 0 Å². The minimum atomic E-state index is -0.878. The van der Waals surface area contributed by atoms with Crippen molar-refractivity contribution in [1.29, 1.82) is 0 Å². The van der Waals surface area contributed by atoms with Crippen LogP contribution in [0.5, 0.6) is 0 Å². The summed E-state index contributed by atoms with van der Waals surface area (Å²) in [5.74, 6) is -0.878. The molecule has 0 aliphatic heterocycles. The summed E-state index contributed by atoms with van der Waals surface area (Å²) >= 11 is 0. The van der Waals surface area contributed by atoms with Gasteiger partial charge < -0.3 is 25.0 Å². The molecule has 0 saturated carbocycles. The van der Waals surface area contributed by atoms with Crippen molar-refractivity contribution in [2.75, 3.05) is 35.3 Å². The molecule has 0 aliphatic carbocycles. The van der Waals surface area contributed by atoms with Crippen molar-refractivity contribution in [1.82, 2.24) is 29.7 Å². The van der Waals surface area contributed by atoms with Crippen molar-refractivity contribution in [2.24, 2.45) is 0 Å². The lowest BCUT2D eigenvalue weighted by molar-refractivity contribution is -0.142. The predicted molar refractivity (Wildman–Crippen MR) is 147 cm³/mol. The van der Waals surface area contributed by atoms with Crippen molar-refractivity contribution in [3.8, 4) is 0 Å². The average molecular weight is 535 g/mol. The van der Waals surface area contributed by atoms with E-state index in [-0.39, 0.29) is 6.04 Å². The Morgan fingerprint density at radius 1 is 0.886 bits per heavy atom. The van der Waals surface area contributed by atoms with E-state index in [2.05, 4.69) is 19.9 Å². The third-order valence-electron chi connectivity index (χ3n) is 4.10. The SMILES string of the molecule is CC.CC.CC.CN(C)C(C=O)Cc1[nH]cnc1SSc1nc[nH]c1CC(C(=O)O)N(C)C.CO. The Balaban J connectivity index is -0.00000116. The zero-order chi connectivity index (χ0) is 28.0. The molecule has 2 atom stereocenters. The van der Waals surface area contributed by atoms with Gasteiger partial charge >= 0.3 is 5.97 Å². The zero-order valence-corrected chi connectivity index (χ0v) is 24.8. The van der Waals surface area contributed by atoms with Crippen LogP contribution in [0.1, 0.15) is 52.9 Å². The topological polar surface area (TPSA) is 138 Å². The fraction of sp³-hybridized carbons (Fsp3) is 0.652. The second kappa shape index (κ2) is 23.9. The molecule has 0 aliphatic rings. The molecule has 2 aromatic heterocycles. The number of hydrogen-bond acceptors (Lipinski definition) is 9. The molecule has 35 heavy (non-hydrogen) atoms. The first-order chi connectivity index (χ1) is 16.8. The molecular weight excluding hydrogens is 488 g/mol. The number of aromatic amines is 2. The molecule has 4 N–H and O–H groups in total. The molecule has 12 heteroatoms. The third-order valence-corrected chi connectivity index (χ3v) is 6.40. The van der Waals surface area contributed by atoms with Gasteiger partial charge in [-0.15, -0.1) is 0 Å². The quantitative estimate of drug-likeness (QED) is 0.248.